The van der Waals surface area contributed by atoms with E-state index in [1.807, 2.05) is 26.0 Å². The van der Waals surface area contributed by atoms with Crippen LogP contribution in [0.15, 0.2) is 42.6 Å². The Labute approximate surface area is 195 Å². The van der Waals surface area contributed by atoms with Crippen LogP contribution in [-0.2, 0) is 0 Å². The number of nitrogens with two attached hydrogens (primary N) is 2. The van der Waals surface area contributed by atoms with Gasteiger partial charge < -0.3 is 26.1 Å². The number of nitrogens with one attached hydrogen (secondary N) is 1. The molecule has 2 aromatic carbocycles. The zero-order valence-electron chi connectivity index (χ0n) is 19.5. The van der Waals surface area contributed by atoms with Crippen molar-refractivity contribution in [3.8, 4) is 0 Å². The monoisotopic (exact) mass is 449 g/mol. The summed E-state index contributed by atoms with van der Waals surface area (Å²) in [5, 5.41) is 14.9. The maximum Gasteiger partial charge on any atom is 0.227 e. The third-order valence-corrected chi connectivity index (χ3v) is 6.45. The number of aliphatic hydroxyl groups excluding tert-OH is 1. The number of anilines is 5. The standard InChI is InChI=1S/C25H35N7O/c1-17(2)32(27)24-22(26)10-5-19-16-28-25(30-23(19)24)29-20-6-8-21(9-7-20)31-13-11-18(12-14-31)4-3-15-33/h5-10,16-18,33H,3-4,11-15,26-27H2,1-2H3,(H,28,29,30). The average molecular weight is 450 g/mol. The highest BCUT2D eigenvalue weighted by molar-refractivity contribution is 5.97. The molecule has 0 radical (unpaired) electrons. The molecule has 33 heavy (non-hydrogen) atoms. The normalized spacial score (nSPS) is 14.8. The first-order chi connectivity index (χ1) is 16.0. The van der Waals surface area contributed by atoms with Gasteiger partial charge in [0.05, 0.1) is 5.69 Å². The highest BCUT2D eigenvalue weighted by Crippen LogP contribution is 2.32. The summed E-state index contributed by atoms with van der Waals surface area (Å²) in [6, 6.07) is 12.2. The van der Waals surface area contributed by atoms with Gasteiger partial charge in [-0.25, -0.2) is 15.8 Å². The molecule has 0 amide bonds. The van der Waals surface area contributed by atoms with Crippen molar-refractivity contribution in [2.75, 3.05) is 40.7 Å². The first kappa shape index (κ1) is 23.1. The topological polar surface area (TPSA) is 117 Å². The van der Waals surface area contributed by atoms with Gasteiger partial charge in [-0.3, -0.25) is 0 Å². The fourth-order valence-electron chi connectivity index (χ4n) is 4.43. The van der Waals surface area contributed by atoms with E-state index in [-0.39, 0.29) is 6.04 Å². The minimum absolute atomic E-state index is 0.0802. The van der Waals surface area contributed by atoms with Crippen molar-refractivity contribution in [2.45, 2.75) is 45.6 Å². The summed E-state index contributed by atoms with van der Waals surface area (Å²) >= 11 is 0. The van der Waals surface area contributed by atoms with E-state index < -0.39 is 0 Å². The molecular weight excluding hydrogens is 414 g/mol. The summed E-state index contributed by atoms with van der Waals surface area (Å²) in [6.07, 6.45) is 6.20. The predicted molar refractivity (Wildman–Crippen MR) is 137 cm³/mol. The lowest BCUT2D eigenvalue weighted by Crippen LogP contribution is -2.38. The molecule has 0 unspecified atom stereocenters. The molecule has 8 nitrogen and oxygen atoms in total. The van der Waals surface area contributed by atoms with Crippen LogP contribution in [0.1, 0.15) is 39.5 Å². The molecule has 176 valence electrons. The highest BCUT2D eigenvalue weighted by Gasteiger charge is 2.19. The van der Waals surface area contributed by atoms with Crippen molar-refractivity contribution in [2.24, 2.45) is 11.8 Å². The SMILES string of the molecule is CC(C)N(N)c1c(N)ccc2cnc(Nc3ccc(N4CCC(CCCO)CC4)cc3)nc12. The molecule has 8 heteroatoms. The Morgan fingerprint density at radius 2 is 1.88 bits per heavy atom. The van der Waals surface area contributed by atoms with Crippen LogP contribution in [-0.4, -0.2) is 40.8 Å². The maximum absolute atomic E-state index is 9.04. The van der Waals surface area contributed by atoms with Crippen molar-refractivity contribution in [3.63, 3.8) is 0 Å². The van der Waals surface area contributed by atoms with Gasteiger partial charge in [-0.2, -0.15) is 0 Å². The second kappa shape index (κ2) is 10.2. The van der Waals surface area contributed by atoms with Gasteiger partial charge in [0.1, 0.15) is 11.2 Å². The van der Waals surface area contributed by atoms with E-state index in [1.165, 1.54) is 18.5 Å². The minimum Gasteiger partial charge on any atom is -0.397 e. The van der Waals surface area contributed by atoms with Crippen LogP contribution in [0.5, 0.6) is 0 Å². The van der Waals surface area contributed by atoms with E-state index in [9.17, 15) is 0 Å². The summed E-state index contributed by atoms with van der Waals surface area (Å²) in [5.74, 6) is 7.52. The minimum atomic E-state index is 0.0802. The number of hydrazine groups is 1. The summed E-state index contributed by atoms with van der Waals surface area (Å²) in [7, 11) is 0. The Bertz CT molecular complexity index is 1060. The number of nitrogens with zero attached hydrogens (tertiary/aromatic N) is 4. The molecule has 3 aromatic rings. The quantitative estimate of drug-likeness (QED) is 0.231. The second-order valence-corrected chi connectivity index (χ2v) is 9.10. The molecule has 0 spiro atoms. The van der Waals surface area contributed by atoms with Crippen LogP contribution in [0.25, 0.3) is 10.9 Å². The maximum atomic E-state index is 9.04. The first-order valence-corrected chi connectivity index (χ1v) is 11.8. The van der Waals surface area contributed by atoms with E-state index in [0.29, 0.717) is 23.9 Å². The zero-order chi connectivity index (χ0) is 23.4. The molecule has 1 aliphatic heterocycles. The number of aliphatic hydroxyl groups is 1. The lowest BCUT2D eigenvalue weighted by Gasteiger charge is -2.33. The van der Waals surface area contributed by atoms with Gasteiger partial charge >= 0.3 is 0 Å². The van der Waals surface area contributed by atoms with Gasteiger partial charge in [0, 0.05) is 48.7 Å². The Morgan fingerprint density at radius 3 is 2.55 bits per heavy atom. The van der Waals surface area contributed by atoms with Crippen molar-refractivity contribution in [3.05, 3.63) is 42.6 Å². The number of hydrogen-bond donors (Lipinski definition) is 4. The van der Waals surface area contributed by atoms with Crippen molar-refractivity contribution < 1.29 is 5.11 Å². The van der Waals surface area contributed by atoms with Gasteiger partial charge in [0.2, 0.25) is 5.95 Å². The van der Waals surface area contributed by atoms with E-state index in [0.717, 1.165) is 48.4 Å². The van der Waals surface area contributed by atoms with Gasteiger partial charge in [0.15, 0.2) is 0 Å². The summed E-state index contributed by atoms with van der Waals surface area (Å²) < 4.78 is 0. The second-order valence-electron chi connectivity index (χ2n) is 9.10. The molecular formula is C25H35N7O. The number of fused-ring (bicyclic) bond motifs is 1. The summed E-state index contributed by atoms with van der Waals surface area (Å²) in [6.45, 7) is 6.45. The molecule has 1 aliphatic rings. The van der Waals surface area contributed by atoms with Crippen LogP contribution in [0.4, 0.5) is 28.7 Å². The van der Waals surface area contributed by atoms with E-state index in [1.54, 1.807) is 11.2 Å². The fourth-order valence-corrected chi connectivity index (χ4v) is 4.43. The van der Waals surface area contributed by atoms with E-state index in [2.05, 4.69) is 39.5 Å². The first-order valence-electron chi connectivity index (χ1n) is 11.8. The van der Waals surface area contributed by atoms with Gasteiger partial charge in [-0.15, -0.1) is 0 Å². The largest absolute Gasteiger partial charge is 0.397 e. The average Bonchev–Trinajstić information content (AvgIpc) is 2.83. The number of rotatable bonds is 8. The van der Waals surface area contributed by atoms with Crippen LogP contribution in [0.3, 0.4) is 0 Å². The Balaban J connectivity index is 1.47. The molecule has 0 bridgehead atoms. The van der Waals surface area contributed by atoms with Crippen molar-refractivity contribution in [1.82, 2.24) is 9.97 Å². The third-order valence-electron chi connectivity index (χ3n) is 6.45. The van der Waals surface area contributed by atoms with Gasteiger partial charge in [-0.1, -0.05) is 0 Å². The van der Waals surface area contributed by atoms with E-state index >= 15 is 0 Å². The number of benzene rings is 2. The van der Waals surface area contributed by atoms with Crippen molar-refractivity contribution >= 4 is 39.6 Å². The summed E-state index contributed by atoms with van der Waals surface area (Å²) in [4.78, 5) is 11.6. The van der Waals surface area contributed by atoms with Crippen LogP contribution in [0, 0.1) is 5.92 Å². The third kappa shape index (κ3) is 5.29. The van der Waals surface area contributed by atoms with Gasteiger partial charge in [-0.05, 0) is 81.8 Å². The Morgan fingerprint density at radius 1 is 1.15 bits per heavy atom. The predicted octanol–water partition coefficient (Wildman–Crippen LogP) is 4.03. The fraction of sp³-hybridized carbons (Fsp3) is 0.440. The van der Waals surface area contributed by atoms with E-state index in [4.69, 9.17) is 21.7 Å². The molecule has 6 N–H and O–H groups in total. The van der Waals surface area contributed by atoms with Gasteiger partial charge in [0.25, 0.3) is 0 Å². The number of nitrogen functional groups attached to an aromatic ring is 1. The number of aromatic nitrogens is 2. The lowest BCUT2D eigenvalue weighted by atomic mass is 9.92. The molecule has 1 saturated heterocycles. The van der Waals surface area contributed by atoms with Crippen LogP contribution >= 0.6 is 0 Å². The summed E-state index contributed by atoms with van der Waals surface area (Å²) in [5.41, 5.74) is 10.4. The molecule has 1 fully saturated rings. The van der Waals surface area contributed by atoms with Crippen molar-refractivity contribution in [1.29, 1.82) is 0 Å². The Hall–Kier alpha value is -3.10. The molecule has 1 aromatic heterocycles. The highest BCUT2D eigenvalue weighted by atomic mass is 16.2. The lowest BCUT2D eigenvalue weighted by molar-refractivity contribution is 0.261. The molecule has 2 heterocycles. The zero-order valence-corrected chi connectivity index (χ0v) is 19.5. The van der Waals surface area contributed by atoms with Crippen LogP contribution in [0.2, 0.25) is 0 Å². The molecule has 0 saturated carbocycles. The van der Waals surface area contributed by atoms with Crippen LogP contribution < -0.4 is 26.8 Å². The Kier molecular flexibility index (Phi) is 7.15. The number of piperidine rings is 1. The smallest absolute Gasteiger partial charge is 0.227 e. The molecule has 0 atom stereocenters. The molecule has 0 aliphatic carbocycles. The molecule has 4 rings (SSSR count). The number of hydrogen-bond acceptors (Lipinski definition) is 8.